The lowest BCUT2D eigenvalue weighted by molar-refractivity contribution is -0.142. The lowest BCUT2D eigenvalue weighted by Crippen LogP contribution is -2.56. The Hall–Kier alpha value is -2.22. The summed E-state index contributed by atoms with van der Waals surface area (Å²) >= 11 is 2.01. The van der Waals surface area contributed by atoms with Gasteiger partial charge in [0.25, 0.3) is 0 Å². The quantitative estimate of drug-likeness (QED) is 0.152. The molecule has 3 N–H and O–H groups in total. The van der Waals surface area contributed by atoms with Crippen molar-refractivity contribution in [2.75, 3.05) is 40.5 Å². The summed E-state index contributed by atoms with van der Waals surface area (Å²) in [5.74, 6) is -0.0960. The first-order valence-electron chi connectivity index (χ1n) is 12.4. The number of aldehydes is 1. The van der Waals surface area contributed by atoms with Crippen molar-refractivity contribution in [1.29, 1.82) is 0 Å². The lowest BCUT2D eigenvalue weighted by Gasteiger charge is -2.40. The van der Waals surface area contributed by atoms with Crippen molar-refractivity contribution < 1.29 is 38.8 Å². The van der Waals surface area contributed by atoms with Crippen LogP contribution in [0.15, 0.2) is 23.8 Å². The zero-order valence-corrected chi connectivity index (χ0v) is 23.7. The topological polar surface area (TPSA) is 135 Å². The number of unbranched alkanes of at least 4 members (excludes halogenated alkanes) is 3. The number of aliphatic hydroxyl groups excluding tert-OH is 2. The molecule has 1 aliphatic carbocycles. The van der Waals surface area contributed by atoms with E-state index in [0.717, 1.165) is 25.7 Å². The normalized spacial score (nSPS) is 19.1. The number of ether oxygens (including phenoxy) is 3. The van der Waals surface area contributed by atoms with E-state index in [1.165, 1.54) is 26.4 Å². The second-order valence-corrected chi connectivity index (χ2v) is 9.91. The number of nitrogens with one attached hydrogen (secondary N) is 1. The molecule has 206 valence electrons. The molecular formula is C26H37IN2O8. The van der Waals surface area contributed by atoms with Crippen molar-refractivity contribution >= 4 is 40.7 Å². The Kier molecular flexibility index (Phi) is 13.3. The molecule has 0 saturated heterocycles. The van der Waals surface area contributed by atoms with Crippen LogP contribution in [-0.2, 0) is 14.3 Å². The summed E-state index contributed by atoms with van der Waals surface area (Å²) in [7, 11) is 2.87. The molecular weight excluding hydrogens is 595 g/mol. The van der Waals surface area contributed by atoms with E-state index >= 15 is 0 Å². The summed E-state index contributed by atoms with van der Waals surface area (Å²) in [6.45, 7) is 2.19. The first-order chi connectivity index (χ1) is 17.8. The maximum atomic E-state index is 13.0. The molecule has 2 rings (SSSR count). The Labute approximate surface area is 231 Å². The van der Waals surface area contributed by atoms with Crippen LogP contribution >= 0.6 is 22.6 Å². The number of carbonyl (C=O) groups excluding carboxylic acids is 3. The fraction of sp³-hybridized carbons (Fsp3) is 0.577. The van der Waals surface area contributed by atoms with E-state index in [9.17, 15) is 19.5 Å². The highest BCUT2D eigenvalue weighted by molar-refractivity contribution is 14.1. The summed E-state index contributed by atoms with van der Waals surface area (Å²) in [6, 6.07) is 2.41. The van der Waals surface area contributed by atoms with Crippen LogP contribution in [-0.4, -0.2) is 92.0 Å². The number of benzene rings is 1. The third-order valence-electron chi connectivity index (χ3n) is 6.10. The second kappa shape index (κ2) is 15.9. The second-order valence-electron chi connectivity index (χ2n) is 8.75. The highest BCUT2D eigenvalue weighted by atomic mass is 127. The molecule has 0 saturated carbocycles. The molecule has 2 amide bonds. The van der Waals surface area contributed by atoms with Gasteiger partial charge in [-0.1, -0.05) is 26.2 Å². The van der Waals surface area contributed by atoms with Crippen molar-refractivity contribution in [3.8, 4) is 11.5 Å². The van der Waals surface area contributed by atoms with E-state index in [1.54, 1.807) is 11.0 Å². The molecule has 0 bridgehead atoms. The van der Waals surface area contributed by atoms with Crippen molar-refractivity contribution in [3.63, 3.8) is 0 Å². The Bertz CT molecular complexity index is 955. The lowest BCUT2D eigenvalue weighted by atomic mass is 9.88. The van der Waals surface area contributed by atoms with Crippen LogP contribution in [0.2, 0.25) is 0 Å². The minimum Gasteiger partial charge on any atom is -0.493 e. The third kappa shape index (κ3) is 8.66. The minimum atomic E-state index is -1.16. The fourth-order valence-corrected chi connectivity index (χ4v) is 4.98. The van der Waals surface area contributed by atoms with Crippen molar-refractivity contribution in [2.24, 2.45) is 0 Å². The molecule has 0 fully saturated rings. The molecule has 11 heteroatoms. The van der Waals surface area contributed by atoms with E-state index in [4.69, 9.17) is 19.3 Å². The number of rotatable bonds is 15. The van der Waals surface area contributed by atoms with Crippen LogP contribution in [0, 0.1) is 3.57 Å². The molecule has 3 unspecified atom stereocenters. The summed E-state index contributed by atoms with van der Waals surface area (Å²) in [5.41, 5.74) is 0.731. The number of nitrogens with zero attached hydrogens (tertiary/aromatic N) is 1. The highest BCUT2D eigenvalue weighted by Crippen LogP contribution is 2.37. The molecule has 1 aromatic carbocycles. The largest absolute Gasteiger partial charge is 0.493 e. The van der Waals surface area contributed by atoms with Gasteiger partial charge in [-0.05, 0) is 47.2 Å². The van der Waals surface area contributed by atoms with Gasteiger partial charge in [0, 0.05) is 37.8 Å². The van der Waals surface area contributed by atoms with Crippen LogP contribution in [0.5, 0.6) is 11.5 Å². The van der Waals surface area contributed by atoms with E-state index in [0.29, 0.717) is 39.0 Å². The van der Waals surface area contributed by atoms with Crippen molar-refractivity contribution in [1.82, 2.24) is 10.2 Å². The number of hydrogen-bond donors (Lipinski definition) is 3. The monoisotopic (exact) mass is 632 g/mol. The molecule has 1 aromatic rings. The maximum Gasteiger partial charge on any atom is 0.248 e. The Morgan fingerprint density at radius 3 is 2.62 bits per heavy atom. The number of amides is 2. The molecule has 0 radical (unpaired) electrons. The number of halogens is 1. The van der Waals surface area contributed by atoms with Gasteiger partial charge in [-0.25, -0.2) is 0 Å². The van der Waals surface area contributed by atoms with Crippen molar-refractivity contribution in [3.05, 3.63) is 32.9 Å². The SMILES string of the molecule is CCCCCCN(C(=O)COC)C1CC(C(=O)NCCO)=CC(Oc2c(I)cc(C=O)cc2OC)C1O. The molecule has 0 aliphatic heterocycles. The Morgan fingerprint density at radius 1 is 1.24 bits per heavy atom. The Balaban J connectivity index is 2.45. The Morgan fingerprint density at radius 2 is 2.00 bits per heavy atom. The van der Waals surface area contributed by atoms with Crippen LogP contribution in [0.1, 0.15) is 49.4 Å². The first-order valence-corrected chi connectivity index (χ1v) is 13.4. The van der Waals surface area contributed by atoms with Gasteiger partial charge < -0.3 is 34.6 Å². The summed E-state index contributed by atoms with van der Waals surface area (Å²) in [4.78, 5) is 38.8. The van der Waals surface area contributed by atoms with Gasteiger partial charge in [0.15, 0.2) is 11.5 Å². The molecule has 3 atom stereocenters. The van der Waals surface area contributed by atoms with Gasteiger partial charge in [-0.2, -0.15) is 0 Å². The summed E-state index contributed by atoms with van der Waals surface area (Å²) < 4.78 is 17.3. The van der Waals surface area contributed by atoms with Gasteiger partial charge in [0.2, 0.25) is 11.8 Å². The van der Waals surface area contributed by atoms with Gasteiger partial charge in [-0.15, -0.1) is 0 Å². The van der Waals surface area contributed by atoms with Crippen LogP contribution in [0.4, 0.5) is 0 Å². The van der Waals surface area contributed by atoms with E-state index in [2.05, 4.69) is 12.2 Å². The van der Waals surface area contributed by atoms with E-state index < -0.39 is 24.2 Å². The summed E-state index contributed by atoms with van der Waals surface area (Å²) in [5, 5.41) is 23.2. The average molecular weight is 632 g/mol. The predicted molar refractivity (Wildman–Crippen MR) is 146 cm³/mol. The van der Waals surface area contributed by atoms with Crippen LogP contribution < -0.4 is 14.8 Å². The molecule has 37 heavy (non-hydrogen) atoms. The molecule has 0 heterocycles. The molecule has 0 aromatic heterocycles. The fourth-order valence-electron chi connectivity index (χ4n) is 4.23. The van der Waals surface area contributed by atoms with E-state index in [1.807, 2.05) is 22.6 Å². The number of methoxy groups -OCH3 is 2. The first kappa shape index (κ1) is 31.0. The third-order valence-corrected chi connectivity index (χ3v) is 6.90. The number of hydrogen-bond acceptors (Lipinski definition) is 8. The van der Waals surface area contributed by atoms with Gasteiger partial charge in [0.1, 0.15) is 25.1 Å². The smallest absolute Gasteiger partial charge is 0.248 e. The van der Waals surface area contributed by atoms with E-state index in [-0.39, 0.29) is 32.1 Å². The molecule has 1 aliphatic rings. The summed E-state index contributed by atoms with van der Waals surface area (Å²) in [6.07, 6.45) is 3.92. The van der Waals surface area contributed by atoms with Crippen LogP contribution in [0.25, 0.3) is 0 Å². The van der Waals surface area contributed by atoms with Gasteiger partial charge in [-0.3, -0.25) is 14.4 Å². The van der Waals surface area contributed by atoms with Gasteiger partial charge in [0.05, 0.1) is 23.3 Å². The minimum absolute atomic E-state index is 0.0666. The van der Waals surface area contributed by atoms with Crippen molar-refractivity contribution in [2.45, 2.75) is 57.3 Å². The standard InChI is InChI=1S/C26H37IN2O8/c1-4-5-6-7-9-29(23(32)16-35-2)20-13-18(26(34)28-8-10-30)14-21(24(20)33)37-25-19(27)11-17(15-31)12-22(25)36-3/h11-12,14-15,20-21,24,30,33H,4-10,13,16H2,1-3H3,(H,28,34). The zero-order valence-electron chi connectivity index (χ0n) is 21.6. The predicted octanol–water partition coefficient (Wildman–Crippen LogP) is 2.08. The zero-order chi connectivity index (χ0) is 27.4. The number of carbonyl (C=O) groups is 3. The number of aliphatic hydroxyl groups is 2. The van der Waals surface area contributed by atoms with Gasteiger partial charge >= 0.3 is 0 Å². The van der Waals surface area contributed by atoms with Crippen LogP contribution in [0.3, 0.4) is 0 Å². The maximum absolute atomic E-state index is 13.0. The molecule has 10 nitrogen and oxygen atoms in total. The molecule has 0 spiro atoms. The average Bonchev–Trinajstić information content (AvgIpc) is 2.89. The highest BCUT2D eigenvalue weighted by Gasteiger charge is 2.40.